The van der Waals surface area contributed by atoms with Crippen LogP contribution in [0.4, 0.5) is 0 Å². The summed E-state index contributed by atoms with van der Waals surface area (Å²) < 4.78 is 10.9. The van der Waals surface area contributed by atoms with E-state index in [1.54, 1.807) is 0 Å². The Hall–Kier alpha value is -1.22. The molecule has 15 heavy (non-hydrogen) atoms. The van der Waals surface area contributed by atoms with Gasteiger partial charge in [0.05, 0.1) is 0 Å². The molecule has 1 aromatic carbocycles. The molecule has 0 radical (unpaired) electrons. The molecule has 1 aromatic rings. The van der Waals surface area contributed by atoms with Crippen LogP contribution >= 0.6 is 0 Å². The number of aliphatic hydroxyl groups excluding tert-OH is 1. The summed E-state index contributed by atoms with van der Waals surface area (Å²) in [5.41, 5.74) is 1.18. The summed E-state index contributed by atoms with van der Waals surface area (Å²) in [5, 5.41) is 8.98. The maximum atomic E-state index is 8.98. The van der Waals surface area contributed by atoms with Crippen LogP contribution in [0.2, 0.25) is 0 Å². The van der Waals surface area contributed by atoms with Crippen LogP contribution in [-0.4, -0.2) is 24.9 Å². The number of fused-ring (bicyclic) bond motifs is 1. The number of hydrogen-bond acceptors (Lipinski definition) is 3. The van der Waals surface area contributed by atoms with Crippen molar-refractivity contribution in [1.82, 2.24) is 0 Å². The van der Waals surface area contributed by atoms with Gasteiger partial charge < -0.3 is 14.6 Å². The minimum Gasteiger partial charge on any atom is -0.486 e. The van der Waals surface area contributed by atoms with Gasteiger partial charge in [0.1, 0.15) is 13.2 Å². The first kappa shape index (κ1) is 10.3. The van der Waals surface area contributed by atoms with Crippen molar-refractivity contribution in [1.29, 1.82) is 0 Å². The average Bonchev–Trinajstić information content (AvgIpc) is 2.29. The second-order valence-corrected chi connectivity index (χ2v) is 3.97. The zero-order chi connectivity index (χ0) is 10.7. The molecule has 0 fully saturated rings. The molecular formula is C12H16O3. The van der Waals surface area contributed by atoms with Crippen molar-refractivity contribution in [3.05, 3.63) is 23.8 Å². The third-order valence-electron chi connectivity index (χ3n) is 2.50. The molecule has 0 amide bonds. The molecule has 0 aliphatic carbocycles. The number of aliphatic hydroxyl groups is 1. The molecule has 0 unspecified atom stereocenters. The van der Waals surface area contributed by atoms with Crippen molar-refractivity contribution >= 4 is 0 Å². The molecule has 2 rings (SSSR count). The second-order valence-electron chi connectivity index (χ2n) is 3.97. The second kappa shape index (κ2) is 4.53. The largest absolute Gasteiger partial charge is 0.486 e. The van der Waals surface area contributed by atoms with E-state index in [-0.39, 0.29) is 12.5 Å². The predicted molar refractivity (Wildman–Crippen MR) is 57.4 cm³/mol. The summed E-state index contributed by atoms with van der Waals surface area (Å²) in [6.45, 7) is 3.48. The zero-order valence-corrected chi connectivity index (χ0v) is 8.90. The van der Waals surface area contributed by atoms with E-state index in [1.165, 1.54) is 5.56 Å². The summed E-state index contributed by atoms with van der Waals surface area (Å²) >= 11 is 0. The number of rotatable bonds is 3. The van der Waals surface area contributed by atoms with Crippen molar-refractivity contribution in [3.63, 3.8) is 0 Å². The van der Waals surface area contributed by atoms with Crippen LogP contribution in [0.5, 0.6) is 11.5 Å². The van der Waals surface area contributed by atoms with Gasteiger partial charge in [0, 0.05) is 6.61 Å². The highest BCUT2D eigenvalue weighted by Gasteiger charge is 2.12. The van der Waals surface area contributed by atoms with E-state index in [9.17, 15) is 0 Å². The van der Waals surface area contributed by atoms with Crippen molar-refractivity contribution in [2.45, 2.75) is 13.3 Å². The molecule has 3 nitrogen and oxygen atoms in total. The maximum absolute atomic E-state index is 8.98. The minimum absolute atomic E-state index is 0.217. The number of benzene rings is 1. The smallest absolute Gasteiger partial charge is 0.161 e. The van der Waals surface area contributed by atoms with Gasteiger partial charge in [-0.05, 0) is 30.0 Å². The molecular weight excluding hydrogens is 192 g/mol. The molecule has 1 aliphatic heterocycles. The van der Waals surface area contributed by atoms with Crippen LogP contribution in [0.3, 0.4) is 0 Å². The van der Waals surface area contributed by atoms with Crippen LogP contribution in [0.1, 0.15) is 12.5 Å². The quantitative estimate of drug-likeness (QED) is 0.820. The molecule has 1 N–H and O–H groups in total. The Labute approximate surface area is 89.6 Å². The summed E-state index contributed by atoms with van der Waals surface area (Å²) in [4.78, 5) is 0. The Bertz CT molecular complexity index is 336. The number of hydrogen-bond donors (Lipinski definition) is 1. The van der Waals surface area contributed by atoms with Gasteiger partial charge in [-0.25, -0.2) is 0 Å². The van der Waals surface area contributed by atoms with Crippen LogP contribution < -0.4 is 9.47 Å². The van der Waals surface area contributed by atoms with Crippen LogP contribution in [0.15, 0.2) is 18.2 Å². The van der Waals surface area contributed by atoms with Gasteiger partial charge in [0.2, 0.25) is 0 Å². The standard InChI is InChI=1S/C12H16O3/c1-9(8-13)6-10-2-3-11-12(7-10)15-5-4-14-11/h2-3,7,9,13H,4-6,8H2,1H3/t9-/m1/s1. The van der Waals surface area contributed by atoms with Crippen LogP contribution in [0.25, 0.3) is 0 Å². The van der Waals surface area contributed by atoms with Gasteiger partial charge >= 0.3 is 0 Å². The number of ether oxygens (including phenoxy) is 2. The molecule has 0 saturated heterocycles. The van der Waals surface area contributed by atoms with Gasteiger partial charge in [-0.2, -0.15) is 0 Å². The van der Waals surface area contributed by atoms with Crippen molar-refractivity contribution in [2.24, 2.45) is 5.92 Å². The lowest BCUT2D eigenvalue weighted by atomic mass is 10.0. The molecule has 82 valence electrons. The molecule has 1 heterocycles. The molecule has 0 saturated carbocycles. The van der Waals surface area contributed by atoms with Crippen molar-refractivity contribution in [2.75, 3.05) is 19.8 Å². The summed E-state index contributed by atoms with van der Waals surface area (Å²) in [7, 11) is 0. The maximum Gasteiger partial charge on any atom is 0.161 e. The van der Waals surface area contributed by atoms with E-state index < -0.39 is 0 Å². The first-order valence-corrected chi connectivity index (χ1v) is 5.29. The fourth-order valence-electron chi connectivity index (χ4n) is 1.68. The van der Waals surface area contributed by atoms with E-state index in [0.29, 0.717) is 13.2 Å². The highest BCUT2D eigenvalue weighted by Crippen LogP contribution is 2.31. The van der Waals surface area contributed by atoms with E-state index in [0.717, 1.165) is 17.9 Å². The van der Waals surface area contributed by atoms with Crippen LogP contribution in [0, 0.1) is 5.92 Å². The van der Waals surface area contributed by atoms with Crippen LogP contribution in [-0.2, 0) is 6.42 Å². The van der Waals surface area contributed by atoms with Gasteiger partial charge in [-0.3, -0.25) is 0 Å². The van der Waals surface area contributed by atoms with Gasteiger partial charge in [-0.15, -0.1) is 0 Å². The molecule has 3 heteroatoms. The molecule has 1 aliphatic rings. The fourth-order valence-corrected chi connectivity index (χ4v) is 1.68. The minimum atomic E-state index is 0.217. The Morgan fingerprint density at radius 1 is 1.27 bits per heavy atom. The van der Waals surface area contributed by atoms with Gasteiger partial charge in [-0.1, -0.05) is 13.0 Å². The molecule has 0 aromatic heterocycles. The summed E-state index contributed by atoms with van der Waals surface area (Å²) in [5.74, 6) is 1.93. The SMILES string of the molecule is C[C@@H](CO)Cc1ccc2c(c1)OCCO2. The third-order valence-corrected chi connectivity index (χ3v) is 2.50. The Balaban J connectivity index is 2.13. The van der Waals surface area contributed by atoms with Crippen molar-refractivity contribution in [3.8, 4) is 11.5 Å². The average molecular weight is 208 g/mol. The Morgan fingerprint density at radius 2 is 2.00 bits per heavy atom. The summed E-state index contributed by atoms with van der Waals surface area (Å²) in [6, 6.07) is 5.97. The van der Waals surface area contributed by atoms with Gasteiger partial charge in [0.15, 0.2) is 11.5 Å². The predicted octanol–water partition coefficient (Wildman–Crippen LogP) is 1.63. The fraction of sp³-hybridized carbons (Fsp3) is 0.500. The van der Waals surface area contributed by atoms with E-state index in [4.69, 9.17) is 14.6 Å². The lowest BCUT2D eigenvalue weighted by molar-refractivity contribution is 0.171. The highest BCUT2D eigenvalue weighted by molar-refractivity contribution is 5.43. The van der Waals surface area contributed by atoms with E-state index in [1.807, 2.05) is 25.1 Å². The monoisotopic (exact) mass is 208 g/mol. The summed E-state index contributed by atoms with van der Waals surface area (Å²) in [6.07, 6.45) is 0.868. The Kier molecular flexibility index (Phi) is 3.11. The van der Waals surface area contributed by atoms with E-state index >= 15 is 0 Å². The highest BCUT2D eigenvalue weighted by atomic mass is 16.6. The first-order chi connectivity index (χ1) is 7.29. The zero-order valence-electron chi connectivity index (χ0n) is 8.90. The van der Waals surface area contributed by atoms with Crippen molar-refractivity contribution < 1.29 is 14.6 Å². The topological polar surface area (TPSA) is 38.7 Å². The lowest BCUT2D eigenvalue weighted by Crippen LogP contribution is -2.15. The first-order valence-electron chi connectivity index (χ1n) is 5.29. The van der Waals surface area contributed by atoms with Gasteiger partial charge in [0.25, 0.3) is 0 Å². The molecule has 0 bridgehead atoms. The Morgan fingerprint density at radius 3 is 2.73 bits per heavy atom. The third kappa shape index (κ3) is 2.42. The normalized spacial score (nSPS) is 16.1. The lowest BCUT2D eigenvalue weighted by Gasteiger charge is -2.19. The molecule has 0 spiro atoms. The molecule has 1 atom stereocenters. The van der Waals surface area contributed by atoms with E-state index in [2.05, 4.69) is 0 Å².